The summed E-state index contributed by atoms with van der Waals surface area (Å²) < 4.78 is 35.0. The van der Waals surface area contributed by atoms with Gasteiger partial charge in [-0.1, -0.05) is 11.3 Å². The van der Waals surface area contributed by atoms with Crippen molar-refractivity contribution in [1.82, 2.24) is 15.5 Å². The molecule has 0 fully saturated rings. The number of nitrogens with zero attached hydrogens (tertiary/aromatic N) is 2. The number of aromatic nitrogens is 2. The topological polar surface area (TPSA) is 54.9 Å². The third-order valence-corrected chi connectivity index (χ3v) is 2.06. The van der Waals surface area contributed by atoms with Crippen molar-refractivity contribution < 1.29 is 18.0 Å². The first kappa shape index (κ1) is 11.2. The van der Waals surface area contributed by atoms with Crippen LogP contribution in [0.25, 0.3) is 0 Å². The first-order chi connectivity index (χ1) is 6.38. The summed E-state index contributed by atoms with van der Waals surface area (Å²) in [5, 5.41) is 7.99. The number of alkyl halides is 3. The molecule has 4 nitrogen and oxygen atoms in total. The quantitative estimate of drug-likeness (QED) is 0.859. The predicted octanol–water partition coefficient (Wildman–Crippen LogP) is 1.48. The lowest BCUT2D eigenvalue weighted by molar-refractivity contribution is -0.123. The molecule has 0 aliphatic rings. The van der Waals surface area contributed by atoms with Gasteiger partial charge in [0.25, 0.3) is 5.91 Å². The number of nitrogens with one attached hydrogen (secondary N) is 1. The van der Waals surface area contributed by atoms with Gasteiger partial charge in [0.05, 0.1) is 0 Å². The van der Waals surface area contributed by atoms with Crippen LogP contribution in [0.5, 0.6) is 0 Å². The Morgan fingerprint density at radius 1 is 1.50 bits per heavy atom. The molecule has 0 radical (unpaired) electrons. The fraction of sp³-hybridized carbons (Fsp3) is 0.400. The van der Waals surface area contributed by atoms with Gasteiger partial charge in [-0.25, -0.2) is 0 Å². The number of amides is 1. The van der Waals surface area contributed by atoms with E-state index in [4.69, 9.17) is 11.6 Å². The lowest BCUT2D eigenvalue weighted by Crippen LogP contribution is -2.33. The molecule has 1 aromatic rings. The summed E-state index contributed by atoms with van der Waals surface area (Å²) in [6.07, 6.45) is -4.44. The van der Waals surface area contributed by atoms with Gasteiger partial charge in [0.15, 0.2) is 0 Å². The van der Waals surface area contributed by atoms with Gasteiger partial charge in [0.1, 0.15) is 6.54 Å². The Hall–Kier alpha value is -0.890. The number of hydrogen-bond donors (Lipinski definition) is 1. The fourth-order valence-corrected chi connectivity index (χ4v) is 1.30. The Bertz CT molecular complexity index is 339. The summed E-state index contributed by atoms with van der Waals surface area (Å²) in [4.78, 5) is 10.9. The summed E-state index contributed by atoms with van der Waals surface area (Å²) >= 11 is 6.05. The van der Waals surface area contributed by atoms with Gasteiger partial charge >= 0.3 is 6.18 Å². The summed E-state index contributed by atoms with van der Waals surface area (Å²) in [5.41, 5.74) is 0. The van der Waals surface area contributed by atoms with Crippen molar-refractivity contribution in [2.24, 2.45) is 0 Å². The van der Waals surface area contributed by atoms with E-state index >= 15 is 0 Å². The van der Waals surface area contributed by atoms with Gasteiger partial charge < -0.3 is 5.32 Å². The highest BCUT2D eigenvalue weighted by Crippen LogP contribution is 2.16. The maximum Gasteiger partial charge on any atom is 0.405 e. The van der Waals surface area contributed by atoms with Crippen LogP contribution in [-0.2, 0) is 0 Å². The fourth-order valence-electron chi connectivity index (χ4n) is 0.553. The number of carbonyl (C=O) groups excluding carboxylic acids is 1. The zero-order valence-corrected chi connectivity index (χ0v) is 8.00. The van der Waals surface area contributed by atoms with E-state index in [0.717, 1.165) is 0 Å². The van der Waals surface area contributed by atoms with Crippen LogP contribution in [0.15, 0.2) is 0 Å². The van der Waals surface area contributed by atoms with E-state index in [-0.39, 0.29) is 9.47 Å². The molecule has 1 N–H and O–H groups in total. The van der Waals surface area contributed by atoms with Gasteiger partial charge in [-0.3, -0.25) is 4.79 Å². The van der Waals surface area contributed by atoms with E-state index < -0.39 is 18.6 Å². The minimum absolute atomic E-state index is 0.00200. The van der Waals surface area contributed by atoms with Crippen LogP contribution in [0.4, 0.5) is 13.2 Å². The van der Waals surface area contributed by atoms with E-state index in [9.17, 15) is 18.0 Å². The van der Waals surface area contributed by atoms with Crippen molar-refractivity contribution in [3.05, 3.63) is 9.47 Å². The number of halogens is 4. The summed E-state index contributed by atoms with van der Waals surface area (Å²) in [5.74, 6) is -0.938. The summed E-state index contributed by atoms with van der Waals surface area (Å²) in [6, 6.07) is 0. The first-order valence-corrected chi connectivity index (χ1v) is 4.42. The Kier molecular flexibility index (Phi) is 3.27. The Morgan fingerprint density at radius 2 is 2.14 bits per heavy atom. The van der Waals surface area contributed by atoms with Crippen molar-refractivity contribution >= 4 is 28.8 Å². The molecule has 0 saturated heterocycles. The maximum atomic E-state index is 11.7. The van der Waals surface area contributed by atoms with Crippen LogP contribution in [0.3, 0.4) is 0 Å². The second kappa shape index (κ2) is 4.09. The molecule has 0 spiro atoms. The highest BCUT2D eigenvalue weighted by atomic mass is 35.5. The normalized spacial score (nSPS) is 11.4. The molecule has 0 bridgehead atoms. The molecule has 0 saturated carbocycles. The molecule has 0 atom stereocenters. The molecule has 1 rings (SSSR count). The molecule has 1 amide bonds. The molecule has 9 heteroatoms. The third kappa shape index (κ3) is 3.46. The van der Waals surface area contributed by atoms with Crippen molar-refractivity contribution in [1.29, 1.82) is 0 Å². The largest absolute Gasteiger partial charge is 0.405 e. The number of hydrogen-bond acceptors (Lipinski definition) is 4. The zero-order valence-electron chi connectivity index (χ0n) is 6.43. The Balaban J connectivity index is 2.52. The highest BCUT2D eigenvalue weighted by Gasteiger charge is 2.28. The summed E-state index contributed by atoms with van der Waals surface area (Å²) in [7, 11) is 0. The average molecular weight is 246 g/mol. The van der Waals surface area contributed by atoms with Crippen LogP contribution in [0, 0.1) is 0 Å². The third-order valence-electron chi connectivity index (χ3n) is 1.04. The second-order valence-corrected chi connectivity index (χ2v) is 3.72. The van der Waals surface area contributed by atoms with E-state index in [2.05, 4.69) is 10.2 Å². The van der Waals surface area contributed by atoms with E-state index in [1.165, 1.54) is 0 Å². The minimum Gasteiger partial charge on any atom is -0.341 e. The Labute approximate surface area is 85.1 Å². The molecule has 0 unspecified atom stereocenters. The predicted molar refractivity (Wildman–Crippen MR) is 43.3 cm³/mol. The zero-order chi connectivity index (χ0) is 10.8. The standard InChI is InChI=1S/C5H3ClF3N3OS/c6-4-12-11-3(14-4)2(13)10-1-5(7,8)9/h1H2,(H,10,13). The van der Waals surface area contributed by atoms with Gasteiger partial charge in [0.2, 0.25) is 9.47 Å². The molecule has 78 valence electrons. The van der Waals surface area contributed by atoms with E-state index in [1.807, 2.05) is 0 Å². The lowest BCUT2D eigenvalue weighted by Gasteiger charge is -2.05. The van der Waals surface area contributed by atoms with Crippen molar-refractivity contribution in [3.8, 4) is 0 Å². The van der Waals surface area contributed by atoms with Crippen LogP contribution < -0.4 is 5.32 Å². The van der Waals surface area contributed by atoms with E-state index in [0.29, 0.717) is 11.3 Å². The van der Waals surface area contributed by atoms with Gasteiger partial charge in [0, 0.05) is 0 Å². The van der Waals surface area contributed by atoms with Crippen molar-refractivity contribution in [2.75, 3.05) is 6.54 Å². The lowest BCUT2D eigenvalue weighted by atomic mass is 10.5. The number of carbonyl (C=O) groups is 1. The highest BCUT2D eigenvalue weighted by molar-refractivity contribution is 7.17. The van der Waals surface area contributed by atoms with Crippen LogP contribution >= 0.6 is 22.9 Å². The van der Waals surface area contributed by atoms with Gasteiger partial charge in [-0.05, 0) is 11.6 Å². The molecule has 0 aliphatic carbocycles. The average Bonchev–Trinajstić information content (AvgIpc) is 2.46. The van der Waals surface area contributed by atoms with Gasteiger partial charge in [-0.15, -0.1) is 10.2 Å². The van der Waals surface area contributed by atoms with E-state index in [1.54, 1.807) is 5.32 Å². The Morgan fingerprint density at radius 3 is 2.57 bits per heavy atom. The molecule has 0 aliphatic heterocycles. The molecular formula is C5H3ClF3N3OS. The van der Waals surface area contributed by atoms with Crippen LogP contribution in [-0.4, -0.2) is 28.8 Å². The summed E-state index contributed by atoms with van der Waals surface area (Å²) in [6.45, 7) is -1.40. The molecule has 14 heavy (non-hydrogen) atoms. The first-order valence-electron chi connectivity index (χ1n) is 3.22. The van der Waals surface area contributed by atoms with Crippen LogP contribution in [0.2, 0.25) is 4.47 Å². The second-order valence-electron chi connectivity index (χ2n) is 2.16. The van der Waals surface area contributed by atoms with Crippen molar-refractivity contribution in [2.45, 2.75) is 6.18 Å². The number of rotatable bonds is 2. The minimum atomic E-state index is -4.44. The van der Waals surface area contributed by atoms with Crippen LogP contribution in [0.1, 0.15) is 9.80 Å². The molecule has 1 aromatic heterocycles. The monoisotopic (exact) mass is 245 g/mol. The molecule has 0 aromatic carbocycles. The maximum absolute atomic E-state index is 11.7. The van der Waals surface area contributed by atoms with Crippen molar-refractivity contribution in [3.63, 3.8) is 0 Å². The van der Waals surface area contributed by atoms with Gasteiger partial charge in [-0.2, -0.15) is 13.2 Å². The molecule has 1 heterocycles. The SMILES string of the molecule is O=C(NCC(F)(F)F)c1nnc(Cl)s1. The molecular weight excluding hydrogens is 243 g/mol. The smallest absolute Gasteiger partial charge is 0.341 e.